The van der Waals surface area contributed by atoms with E-state index in [0.29, 0.717) is 4.47 Å². The number of nitrogens with zero attached hydrogens (tertiary/aromatic N) is 1. The molecule has 0 saturated heterocycles. The van der Waals surface area contributed by atoms with E-state index in [1.807, 2.05) is 0 Å². The first-order valence-electron chi connectivity index (χ1n) is 5.73. The normalized spacial score (nSPS) is 13.3. The van der Waals surface area contributed by atoms with Gasteiger partial charge in [0.2, 0.25) is 15.9 Å². The lowest BCUT2D eigenvalue weighted by Gasteiger charge is -2.21. The molecular weight excluding hydrogens is 332 g/mol. The van der Waals surface area contributed by atoms with E-state index in [0.717, 1.165) is 0 Å². The SMILES string of the molecule is CNC(=O)C(C)CN(C)S(=O)(=O)c1ccccc1Br. The molecule has 0 bridgehead atoms. The monoisotopic (exact) mass is 348 g/mol. The molecule has 0 heterocycles. The Labute approximate surface area is 122 Å². The summed E-state index contributed by atoms with van der Waals surface area (Å²) in [7, 11) is -0.605. The van der Waals surface area contributed by atoms with Crippen molar-refractivity contribution in [3.05, 3.63) is 28.7 Å². The van der Waals surface area contributed by atoms with Gasteiger partial charge >= 0.3 is 0 Å². The van der Waals surface area contributed by atoms with Gasteiger partial charge in [-0.25, -0.2) is 12.7 Å². The van der Waals surface area contributed by atoms with E-state index in [2.05, 4.69) is 21.2 Å². The minimum absolute atomic E-state index is 0.128. The molecule has 0 radical (unpaired) electrons. The molecule has 1 unspecified atom stereocenters. The average molecular weight is 349 g/mol. The number of nitrogens with one attached hydrogen (secondary N) is 1. The van der Waals surface area contributed by atoms with E-state index < -0.39 is 15.9 Å². The van der Waals surface area contributed by atoms with Gasteiger partial charge < -0.3 is 5.32 Å². The van der Waals surface area contributed by atoms with E-state index in [-0.39, 0.29) is 17.3 Å². The molecule has 0 aliphatic heterocycles. The maximum atomic E-state index is 12.4. The van der Waals surface area contributed by atoms with Crippen molar-refractivity contribution in [2.24, 2.45) is 5.92 Å². The fourth-order valence-corrected chi connectivity index (χ4v) is 3.85. The Morgan fingerprint density at radius 2 is 2.00 bits per heavy atom. The largest absolute Gasteiger partial charge is 0.359 e. The molecule has 5 nitrogen and oxygen atoms in total. The molecule has 7 heteroatoms. The van der Waals surface area contributed by atoms with Gasteiger partial charge in [-0.3, -0.25) is 4.79 Å². The Bertz CT molecular complexity index is 560. The summed E-state index contributed by atoms with van der Waals surface area (Å²) in [5, 5.41) is 2.50. The number of carbonyl (C=O) groups is 1. The molecule has 1 rings (SSSR count). The summed E-state index contributed by atoms with van der Waals surface area (Å²) >= 11 is 3.22. The lowest BCUT2D eigenvalue weighted by molar-refractivity contribution is -0.124. The summed E-state index contributed by atoms with van der Waals surface area (Å²) in [5.74, 6) is -0.596. The number of hydrogen-bond acceptors (Lipinski definition) is 3. The minimum Gasteiger partial charge on any atom is -0.359 e. The second kappa shape index (κ2) is 6.49. The van der Waals surface area contributed by atoms with Crippen molar-refractivity contribution < 1.29 is 13.2 Å². The zero-order valence-corrected chi connectivity index (χ0v) is 13.5. The fourth-order valence-electron chi connectivity index (χ4n) is 1.63. The van der Waals surface area contributed by atoms with Gasteiger partial charge in [-0.15, -0.1) is 0 Å². The van der Waals surface area contributed by atoms with Crippen molar-refractivity contribution in [3.63, 3.8) is 0 Å². The van der Waals surface area contributed by atoms with Crippen LogP contribution in [0.2, 0.25) is 0 Å². The number of hydrogen-bond donors (Lipinski definition) is 1. The Morgan fingerprint density at radius 3 is 2.53 bits per heavy atom. The van der Waals surface area contributed by atoms with Crippen LogP contribution in [0, 0.1) is 5.92 Å². The highest BCUT2D eigenvalue weighted by Crippen LogP contribution is 2.24. The summed E-state index contributed by atoms with van der Waals surface area (Å²) in [6.45, 7) is 1.81. The maximum absolute atomic E-state index is 12.4. The third-order valence-electron chi connectivity index (χ3n) is 2.75. The number of benzene rings is 1. The van der Waals surface area contributed by atoms with Crippen LogP contribution in [-0.4, -0.2) is 39.3 Å². The summed E-state index contributed by atoms with van der Waals surface area (Å²) in [5.41, 5.74) is 0. The molecule has 0 fully saturated rings. The van der Waals surface area contributed by atoms with Crippen molar-refractivity contribution in [1.29, 1.82) is 0 Å². The quantitative estimate of drug-likeness (QED) is 0.875. The van der Waals surface area contributed by atoms with Gasteiger partial charge in [-0.05, 0) is 28.1 Å². The highest BCUT2D eigenvalue weighted by Gasteiger charge is 2.26. The molecule has 19 heavy (non-hydrogen) atoms. The first-order chi connectivity index (χ1) is 8.80. The van der Waals surface area contributed by atoms with Crippen LogP contribution in [0.4, 0.5) is 0 Å². The zero-order valence-electron chi connectivity index (χ0n) is 11.1. The van der Waals surface area contributed by atoms with Crippen LogP contribution in [0.5, 0.6) is 0 Å². The molecule has 1 N–H and O–H groups in total. The standard InChI is InChI=1S/C12H17BrN2O3S/c1-9(12(16)14-2)8-15(3)19(17,18)11-7-5-4-6-10(11)13/h4-7,9H,8H2,1-3H3,(H,14,16). The predicted molar refractivity (Wildman–Crippen MR) is 77.2 cm³/mol. The number of carbonyl (C=O) groups excluding carboxylic acids is 1. The van der Waals surface area contributed by atoms with Gasteiger partial charge in [0.1, 0.15) is 0 Å². The van der Waals surface area contributed by atoms with Crippen LogP contribution in [0.3, 0.4) is 0 Å². The van der Waals surface area contributed by atoms with E-state index >= 15 is 0 Å². The van der Waals surface area contributed by atoms with Crippen LogP contribution >= 0.6 is 15.9 Å². The molecule has 0 aliphatic carbocycles. The Kier molecular flexibility index (Phi) is 5.51. The van der Waals surface area contributed by atoms with Crippen LogP contribution in [0.15, 0.2) is 33.6 Å². The van der Waals surface area contributed by atoms with Crippen molar-refractivity contribution in [1.82, 2.24) is 9.62 Å². The first kappa shape index (κ1) is 16.1. The van der Waals surface area contributed by atoms with Gasteiger partial charge in [0.05, 0.1) is 4.90 Å². The average Bonchev–Trinajstić information content (AvgIpc) is 2.37. The molecule has 0 spiro atoms. The molecule has 106 valence electrons. The topological polar surface area (TPSA) is 66.5 Å². The Morgan fingerprint density at radius 1 is 1.42 bits per heavy atom. The minimum atomic E-state index is -3.60. The summed E-state index contributed by atoms with van der Waals surface area (Å²) in [4.78, 5) is 11.6. The molecule has 0 saturated carbocycles. The van der Waals surface area contributed by atoms with Crippen molar-refractivity contribution in [3.8, 4) is 0 Å². The van der Waals surface area contributed by atoms with Crippen LogP contribution in [-0.2, 0) is 14.8 Å². The van der Waals surface area contributed by atoms with Gasteiger partial charge in [0.15, 0.2) is 0 Å². The highest BCUT2D eigenvalue weighted by molar-refractivity contribution is 9.10. The van der Waals surface area contributed by atoms with Crippen molar-refractivity contribution in [2.75, 3.05) is 20.6 Å². The lowest BCUT2D eigenvalue weighted by Crippen LogP contribution is -2.37. The van der Waals surface area contributed by atoms with Crippen molar-refractivity contribution >= 4 is 31.9 Å². The van der Waals surface area contributed by atoms with E-state index in [1.165, 1.54) is 24.5 Å². The second-order valence-corrected chi connectivity index (χ2v) is 7.10. The lowest BCUT2D eigenvalue weighted by atomic mass is 10.2. The fraction of sp³-hybridized carbons (Fsp3) is 0.417. The van der Waals surface area contributed by atoms with Gasteiger partial charge in [-0.2, -0.15) is 0 Å². The highest BCUT2D eigenvalue weighted by atomic mass is 79.9. The first-order valence-corrected chi connectivity index (χ1v) is 7.96. The van der Waals surface area contributed by atoms with Crippen LogP contribution in [0.25, 0.3) is 0 Å². The molecule has 0 aliphatic rings. The van der Waals surface area contributed by atoms with E-state index in [4.69, 9.17) is 0 Å². The molecule has 1 atom stereocenters. The number of amides is 1. The Hall–Kier alpha value is -0.920. The second-order valence-electron chi connectivity index (χ2n) is 4.23. The predicted octanol–water partition coefficient (Wildman–Crippen LogP) is 1.45. The summed E-state index contributed by atoms with van der Waals surface area (Å²) < 4.78 is 26.4. The molecule has 0 aromatic heterocycles. The van der Waals surface area contributed by atoms with E-state index in [1.54, 1.807) is 25.1 Å². The third kappa shape index (κ3) is 3.77. The summed E-state index contributed by atoms with van der Waals surface area (Å²) in [6.07, 6.45) is 0. The van der Waals surface area contributed by atoms with E-state index in [9.17, 15) is 13.2 Å². The Balaban J connectivity index is 2.96. The maximum Gasteiger partial charge on any atom is 0.243 e. The number of halogens is 1. The number of rotatable bonds is 5. The zero-order chi connectivity index (χ0) is 14.6. The van der Waals surface area contributed by atoms with Crippen LogP contribution in [0.1, 0.15) is 6.92 Å². The van der Waals surface area contributed by atoms with Crippen molar-refractivity contribution in [2.45, 2.75) is 11.8 Å². The molecule has 1 aromatic rings. The molecule has 1 amide bonds. The molecule has 1 aromatic carbocycles. The smallest absolute Gasteiger partial charge is 0.243 e. The van der Waals surface area contributed by atoms with Gasteiger partial charge in [-0.1, -0.05) is 19.1 Å². The molecular formula is C12H17BrN2O3S. The number of sulfonamides is 1. The van der Waals surface area contributed by atoms with Crippen LogP contribution < -0.4 is 5.32 Å². The van der Waals surface area contributed by atoms with Gasteiger partial charge in [0, 0.05) is 31.0 Å². The third-order valence-corrected chi connectivity index (χ3v) is 5.59. The van der Waals surface area contributed by atoms with Gasteiger partial charge in [0.25, 0.3) is 0 Å². The summed E-state index contributed by atoms with van der Waals surface area (Å²) in [6, 6.07) is 6.60.